The summed E-state index contributed by atoms with van der Waals surface area (Å²) in [6.45, 7) is 9.88. The summed E-state index contributed by atoms with van der Waals surface area (Å²) in [6, 6.07) is 7.03. The lowest BCUT2D eigenvalue weighted by Crippen LogP contribution is -2.60. The Labute approximate surface area is 281 Å². The Hall–Kier alpha value is -4.00. The predicted octanol–water partition coefficient (Wildman–Crippen LogP) is 4.39. The summed E-state index contributed by atoms with van der Waals surface area (Å²) < 4.78 is 5.77. The van der Waals surface area contributed by atoms with Gasteiger partial charge in [0.25, 0.3) is 11.8 Å². The van der Waals surface area contributed by atoms with Gasteiger partial charge >= 0.3 is 0 Å². The van der Waals surface area contributed by atoms with E-state index >= 15 is 0 Å². The third kappa shape index (κ3) is 7.45. The molecule has 2 aromatic carbocycles. The van der Waals surface area contributed by atoms with Crippen LogP contribution < -0.4 is 35.8 Å². The molecule has 3 heterocycles. The fraction of sp³-hybridized carbons (Fsp3) is 0.500. The Kier molecular flexibility index (Phi) is 10.5. The molecule has 0 spiro atoms. The lowest BCUT2D eigenvalue weighted by molar-refractivity contribution is -0.134. The molecule has 3 amide bonds. The smallest absolute Gasteiger partial charge is 0.257 e. The zero-order valence-electron chi connectivity index (χ0n) is 27.9. The summed E-state index contributed by atoms with van der Waals surface area (Å²) in [6.07, 6.45) is 5.10. The summed E-state index contributed by atoms with van der Waals surface area (Å²) in [5.41, 5.74) is 1.76. The van der Waals surface area contributed by atoms with Crippen LogP contribution in [0.2, 0.25) is 5.02 Å². The molecule has 3 aromatic rings. The van der Waals surface area contributed by atoms with Gasteiger partial charge in [-0.05, 0) is 75.9 Å². The van der Waals surface area contributed by atoms with Crippen LogP contribution >= 0.6 is 11.6 Å². The molecule has 13 heteroatoms. The van der Waals surface area contributed by atoms with Crippen LogP contribution in [0.3, 0.4) is 0 Å². The van der Waals surface area contributed by atoms with Crippen molar-refractivity contribution in [3.63, 3.8) is 0 Å². The van der Waals surface area contributed by atoms with E-state index in [0.717, 1.165) is 48.6 Å². The number of carbonyl (C=O) groups is 3. The molecule has 47 heavy (non-hydrogen) atoms. The average Bonchev–Trinajstić information content (AvgIpc) is 3.78. The highest BCUT2D eigenvalue weighted by Crippen LogP contribution is 2.38. The second-order valence-electron chi connectivity index (χ2n) is 13.2. The third-order valence-electron chi connectivity index (χ3n) is 8.86. The van der Waals surface area contributed by atoms with Crippen LogP contribution in [0.4, 0.5) is 22.9 Å². The number of amides is 3. The van der Waals surface area contributed by atoms with Crippen molar-refractivity contribution in [2.45, 2.75) is 71.5 Å². The van der Waals surface area contributed by atoms with Crippen LogP contribution in [0.25, 0.3) is 10.9 Å². The van der Waals surface area contributed by atoms with Gasteiger partial charge < -0.3 is 30.9 Å². The molecule has 0 radical (unpaired) electrons. The lowest BCUT2D eigenvalue weighted by Gasteiger charge is -2.36. The van der Waals surface area contributed by atoms with E-state index in [9.17, 15) is 14.4 Å². The number of fused-ring (bicyclic) bond motifs is 1. The number of hydrogen-bond donors (Lipinski definition) is 4. The largest absolute Gasteiger partial charge is 0.494 e. The monoisotopic (exact) mass is 664 g/mol. The molecule has 0 unspecified atom stereocenters. The number of anilines is 4. The molecule has 2 aliphatic rings. The molecular weight excluding hydrogens is 620 g/mol. The van der Waals surface area contributed by atoms with E-state index in [1.165, 1.54) is 13.4 Å². The van der Waals surface area contributed by atoms with Crippen molar-refractivity contribution in [1.29, 1.82) is 0 Å². The molecule has 252 valence electrons. The van der Waals surface area contributed by atoms with E-state index in [0.29, 0.717) is 34.7 Å². The first-order valence-corrected chi connectivity index (χ1v) is 16.5. The maximum atomic E-state index is 14.6. The molecule has 0 aliphatic carbocycles. The summed E-state index contributed by atoms with van der Waals surface area (Å²) in [7, 11) is 3.15. The molecule has 0 bridgehead atoms. The van der Waals surface area contributed by atoms with Crippen LogP contribution in [0.1, 0.15) is 53.4 Å². The van der Waals surface area contributed by atoms with Gasteiger partial charge in [0, 0.05) is 30.2 Å². The van der Waals surface area contributed by atoms with E-state index < -0.39 is 35.4 Å². The average molecular weight is 665 g/mol. The molecular formula is C34H45ClN8O4. The number of imide groups is 1. The number of hydrogen-bond acceptors (Lipinski definition) is 10. The Morgan fingerprint density at radius 2 is 1.85 bits per heavy atom. The quantitative estimate of drug-likeness (QED) is 0.247. The molecule has 12 nitrogen and oxygen atoms in total. The van der Waals surface area contributed by atoms with Gasteiger partial charge in [-0.3, -0.25) is 14.4 Å². The Morgan fingerprint density at radius 3 is 2.47 bits per heavy atom. The number of rotatable bonds is 10. The molecule has 2 saturated heterocycles. The summed E-state index contributed by atoms with van der Waals surface area (Å²) in [4.78, 5) is 54.3. The first-order valence-electron chi connectivity index (χ1n) is 16.2. The van der Waals surface area contributed by atoms with E-state index in [4.69, 9.17) is 16.3 Å². The van der Waals surface area contributed by atoms with Crippen molar-refractivity contribution in [3.8, 4) is 5.75 Å². The Bertz CT molecular complexity index is 1630. The minimum atomic E-state index is -1.03. The topological polar surface area (TPSA) is 141 Å². The fourth-order valence-corrected chi connectivity index (χ4v) is 6.32. The van der Waals surface area contributed by atoms with E-state index in [-0.39, 0.29) is 17.3 Å². The number of halogens is 1. The van der Waals surface area contributed by atoms with Crippen LogP contribution in [-0.4, -0.2) is 79.6 Å². The highest BCUT2D eigenvalue weighted by Gasteiger charge is 2.42. The van der Waals surface area contributed by atoms with Crippen molar-refractivity contribution >= 4 is 63.1 Å². The zero-order chi connectivity index (χ0) is 33.9. The van der Waals surface area contributed by atoms with E-state index in [2.05, 4.69) is 36.1 Å². The van der Waals surface area contributed by atoms with Gasteiger partial charge in [-0.1, -0.05) is 32.4 Å². The molecule has 3 atom stereocenters. The van der Waals surface area contributed by atoms with Crippen molar-refractivity contribution in [2.24, 2.45) is 5.41 Å². The van der Waals surface area contributed by atoms with Crippen LogP contribution in [0, 0.1) is 5.41 Å². The minimum absolute atomic E-state index is 0.231. The highest BCUT2D eigenvalue weighted by atomic mass is 35.5. The minimum Gasteiger partial charge on any atom is -0.494 e. The number of methoxy groups -OCH3 is 1. The Balaban J connectivity index is 1.59. The molecule has 5 rings (SSSR count). The molecule has 2 fully saturated rings. The number of aromatic nitrogens is 2. The summed E-state index contributed by atoms with van der Waals surface area (Å²) >= 11 is 6.71. The van der Waals surface area contributed by atoms with Crippen LogP contribution in [0.15, 0.2) is 36.7 Å². The number of carbonyl (C=O) groups excluding carboxylic acids is 3. The first kappa shape index (κ1) is 34.3. The predicted molar refractivity (Wildman–Crippen MR) is 186 cm³/mol. The van der Waals surface area contributed by atoms with Gasteiger partial charge in [-0.15, -0.1) is 0 Å². The number of likely N-dealkylation sites (N-methyl/N-ethyl adjacent to an activating group) is 1. The molecule has 0 saturated carbocycles. The maximum Gasteiger partial charge on any atom is 0.257 e. The van der Waals surface area contributed by atoms with Crippen molar-refractivity contribution in [3.05, 3.63) is 41.7 Å². The van der Waals surface area contributed by atoms with Crippen LogP contribution in [0.5, 0.6) is 5.75 Å². The van der Waals surface area contributed by atoms with E-state index in [1.807, 2.05) is 39.0 Å². The Morgan fingerprint density at radius 1 is 1.11 bits per heavy atom. The number of nitrogens with zero attached hydrogens (tertiary/aromatic N) is 4. The second-order valence-corrected chi connectivity index (χ2v) is 13.6. The van der Waals surface area contributed by atoms with Gasteiger partial charge in [0.2, 0.25) is 5.91 Å². The number of benzene rings is 2. The third-order valence-corrected chi connectivity index (χ3v) is 9.16. The van der Waals surface area contributed by atoms with Crippen LogP contribution in [-0.2, 0) is 14.4 Å². The first-order chi connectivity index (χ1) is 22.4. The van der Waals surface area contributed by atoms with Gasteiger partial charge in [0.05, 0.1) is 41.1 Å². The van der Waals surface area contributed by atoms with Gasteiger partial charge in [0.1, 0.15) is 23.9 Å². The van der Waals surface area contributed by atoms with Crippen molar-refractivity contribution < 1.29 is 19.1 Å². The van der Waals surface area contributed by atoms with Gasteiger partial charge in [-0.2, -0.15) is 0 Å². The standard InChI is InChI=1S/C34H45ClN8O4/c1-20(36-5)31(44)41-29(34(2,3)4)33(46)43(32(45)24-10-9-13-37-24)27-17-22-25(18-28(27)47-6)38-19-39-30(22)40-21-11-12-26(23(35)16-21)42-14-7-8-15-42/h11-12,16-20,24,29,36-37H,7-10,13-15H2,1-6H3,(H,41,44)(H,38,39,40)/t20-,24-,29+/m0/s1. The van der Waals surface area contributed by atoms with Crippen molar-refractivity contribution in [1.82, 2.24) is 25.9 Å². The van der Waals surface area contributed by atoms with Gasteiger partial charge in [0.15, 0.2) is 0 Å². The van der Waals surface area contributed by atoms with Crippen molar-refractivity contribution in [2.75, 3.05) is 48.9 Å². The van der Waals surface area contributed by atoms with Gasteiger partial charge in [-0.25, -0.2) is 14.9 Å². The highest BCUT2D eigenvalue weighted by molar-refractivity contribution is 6.33. The maximum absolute atomic E-state index is 14.6. The summed E-state index contributed by atoms with van der Waals surface area (Å²) in [5, 5.41) is 13.6. The number of ether oxygens (including phenoxy) is 1. The lowest BCUT2D eigenvalue weighted by atomic mass is 9.85. The molecule has 4 N–H and O–H groups in total. The zero-order valence-corrected chi connectivity index (χ0v) is 28.7. The number of nitrogens with one attached hydrogen (secondary N) is 4. The SMILES string of the molecule is CN[C@@H](C)C(=O)N[C@H](C(=O)N(C(=O)[C@@H]1CCCN1)c1cc2c(Nc3ccc(N4CCCC4)c(Cl)c3)ncnc2cc1OC)C(C)(C)C. The fourth-order valence-electron chi connectivity index (χ4n) is 6.02. The van der Waals surface area contributed by atoms with E-state index in [1.54, 1.807) is 26.1 Å². The summed E-state index contributed by atoms with van der Waals surface area (Å²) in [5.74, 6) is -0.604. The second kappa shape index (κ2) is 14.4. The normalized spacial score (nSPS) is 17.8. The molecule has 1 aromatic heterocycles. The molecule has 2 aliphatic heterocycles.